The Morgan fingerprint density at radius 2 is 2.07 bits per heavy atom. The van der Waals surface area contributed by atoms with Crippen LogP contribution in [0.1, 0.15) is 32.6 Å². The molecule has 0 spiro atoms. The van der Waals surface area contributed by atoms with E-state index in [0.717, 1.165) is 37.6 Å². The highest BCUT2D eigenvalue weighted by Crippen LogP contribution is 2.24. The summed E-state index contributed by atoms with van der Waals surface area (Å²) in [6.45, 7) is 5.18. The van der Waals surface area contributed by atoms with Crippen molar-refractivity contribution in [3.8, 4) is 0 Å². The number of hydrogen-bond acceptors (Lipinski definition) is 2. The molecule has 1 N–H and O–H groups in total. The van der Waals surface area contributed by atoms with Crippen molar-refractivity contribution >= 4 is 0 Å². The van der Waals surface area contributed by atoms with Crippen LogP contribution in [0.4, 0.5) is 0 Å². The third-order valence-corrected chi connectivity index (χ3v) is 3.51. The van der Waals surface area contributed by atoms with Crippen LogP contribution in [0.3, 0.4) is 0 Å². The van der Waals surface area contributed by atoms with E-state index in [1.165, 1.54) is 25.7 Å². The van der Waals surface area contributed by atoms with Crippen LogP contribution in [0.25, 0.3) is 0 Å². The Labute approximate surface area is 93.1 Å². The van der Waals surface area contributed by atoms with E-state index < -0.39 is 0 Å². The summed E-state index contributed by atoms with van der Waals surface area (Å²) in [7, 11) is 0. The van der Waals surface area contributed by atoms with Gasteiger partial charge < -0.3 is 10.1 Å². The van der Waals surface area contributed by atoms with E-state index in [-0.39, 0.29) is 0 Å². The van der Waals surface area contributed by atoms with E-state index in [4.69, 9.17) is 4.74 Å². The molecule has 0 aliphatic heterocycles. The summed E-state index contributed by atoms with van der Waals surface area (Å²) in [6.07, 6.45) is 9.77. The Hall–Kier alpha value is -0.340. The first-order valence-electron chi connectivity index (χ1n) is 6.32. The summed E-state index contributed by atoms with van der Waals surface area (Å²) >= 11 is 0. The molecular weight excluding hydrogens is 186 g/mol. The van der Waals surface area contributed by atoms with E-state index in [2.05, 4.69) is 24.4 Å². The van der Waals surface area contributed by atoms with Crippen LogP contribution >= 0.6 is 0 Å². The van der Waals surface area contributed by atoms with Crippen molar-refractivity contribution in [3.05, 3.63) is 12.2 Å². The van der Waals surface area contributed by atoms with Gasteiger partial charge in [-0.25, -0.2) is 0 Å². The summed E-state index contributed by atoms with van der Waals surface area (Å²) in [5.74, 6) is 1.54. The number of ether oxygens (including phenoxy) is 1. The first-order valence-corrected chi connectivity index (χ1v) is 6.32. The predicted molar refractivity (Wildman–Crippen MR) is 62.9 cm³/mol. The maximum absolute atomic E-state index is 5.73. The van der Waals surface area contributed by atoms with Crippen LogP contribution in [0.15, 0.2) is 12.2 Å². The van der Waals surface area contributed by atoms with E-state index >= 15 is 0 Å². The van der Waals surface area contributed by atoms with Crippen molar-refractivity contribution in [2.45, 2.75) is 38.6 Å². The molecule has 0 saturated heterocycles. The lowest BCUT2D eigenvalue weighted by atomic mass is 9.85. The minimum Gasteiger partial charge on any atom is -0.380 e. The smallest absolute Gasteiger partial charge is 0.0591 e. The number of hydrogen-bond donors (Lipinski definition) is 1. The molecule has 0 bridgehead atoms. The molecule has 2 atom stereocenters. The second kappa shape index (κ2) is 5.66. The zero-order valence-corrected chi connectivity index (χ0v) is 9.74. The van der Waals surface area contributed by atoms with Gasteiger partial charge in [-0.3, -0.25) is 0 Å². The topological polar surface area (TPSA) is 21.3 Å². The molecule has 0 heterocycles. The summed E-state index contributed by atoms with van der Waals surface area (Å²) < 4.78 is 5.73. The molecule has 15 heavy (non-hydrogen) atoms. The van der Waals surface area contributed by atoms with E-state index in [0.29, 0.717) is 0 Å². The second-order valence-electron chi connectivity index (χ2n) is 4.98. The average Bonchev–Trinajstić information content (AvgIpc) is 3.04. The zero-order chi connectivity index (χ0) is 10.5. The molecule has 0 radical (unpaired) electrons. The fourth-order valence-electron chi connectivity index (χ4n) is 2.10. The molecular formula is C13H23NO. The highest BCUT2D eigenvalue weighted by atomic mass is 16.5. The molecule has 2 heteroatoms. The van der Waals surface area contributed by atoms with Gasteiger partial charge in [0.1, 0.15) is 0 Å². The molecule has 86 valence electrons. The van der Waals surface area contributed by atoms with Crippen molar-refractivity contribution in [3.63, 3.8) is 0 Å². The molecule has 2 aliphatic carbocycles. The first kappa shape index (κ1) is 11.2. The van der Waals surface area contributed by atoms with Gasteiger partial charge in [0.05, 0.1) is 13.2 Å². The molecule has 1 fully saturated rings. The van der Waals surface area contributed by atoms with Crippen molar-refractivity contribution in [1.29, 1.82) is 0 Å². The largest absolute Gasteiger partial charge is 0.380 e. The van der Waals surface area contributed by atoms with Crippen LogP contribution in [-0.4, -0.2) is 25.8 Å². The van der Waals surface area contributed by atoms with Gasteiger partial charge in [0.15, 0.2) is 0 Å². The maximum atomic E-state index is 5.73. The van der Waals surface area contributed by atoms with Crippen molar-refractivity contribution in [2.75, 3.05) is 19.8 Å². The Balaban J connectivity index is 1.50. The molecule has 2 nitrogen and oxygen atoms in total. The fraction of sp³-hybridized carbons (Fsp3) is 0.846. The summed E-state index contributed by atoms with van der Waals surface area (Å²) in [5, 5.41) is 3.47. The summed E-state index contributed by atoms with van der Waals surface area (Å²) in [6, 6.07) is 0.810. The Morgan fingerprint density at radius 3 is 2.80 bits per heavy atom. The number of nitrogens with one attached hydrogen (secondary N) is 1. The van der Waals surface area contributed by atoms with Crippen LogP contribution in [0.2, 0.25) is 0 Å². The molecule has 2 aliphatic rings. The van der Waals surface area contributed by atoms with Crippen LogP contribution < -0.4 is 5.32 Å². The Kier molecular flexibility index (Phi) is 4.21. The molecule has 2 rings (SSSR count). The van der Waals surface area contributed by atoms with Gasteiger partial charge in [-0.2, -0.15) is 0 Å². The number of allylic oxidation sites excluding steroid dienone is 2. The van der Waals surface area contributed by atoms with Crippen LogP contribution in [-0.2, 0) is 4.74 Å². The van der Waals surface area contributed by atoms with Gasteiger partial charge in [-0.15, -0.1) is 0 Å². The molecule has 0 aromatic rings. The Morgan fingerprint density at radius 1 is 1.27 bits per heavy atom. The fourth-order valence-corrected chi connectivity index (χ4v) is 2.10. The lowest BCUT2D eigenvalue weighted by Crippen LogP contribution is -2.25. The van der Waals surface area contributed by atoms with E-state index in [1.807, 2.05) is 0 Å². The van der Waals surface area contributed by atoms with Crippen LogP contribution in [0.5, 0.6) is 0 Å². The first-order chi connectivity index (χ1) is 7.36. The van der Waals surface area contributed by atoms with Crippen molar-refractivity contribution < 1.29 is 4.74 Å². The Bertz CT molecular complexity index is 211. The number of rotatable bonds is 6. The molecule has 1 saturated carbocycles. The maximum Gasteiger partial charge on any atom is 0.0591 e. The average molecular weight is 209 g/mol. The normalized spacial score (nSPS) is 30.7. The van der Waals surface area contributed by atoms with E-state index in [1.54, 1.807) is 0 Å². The monoisotopic (exact) mass is 209 g/mol. The van der Waals surface area contributed by atoms with E-state index in [9.17, 15) is 0 Å². The highest BCUT2D eigenvalue weighted by molar-refractivity contribution is 4.93. The minimum absolute atomic E-state index is 0.746. The highest BCUT2D eigenvalue weighted by Gasteiger charge is 2.20. The lowest BCUT2D eigenvalue weighted by Gasteiger charge is -2.24. The molecule has 0 aromatic heterocycles. The second-order valence-corrected chi connectivity index (χ2v) is 4.98. The molecule has 0 aromatic carbocycles. The molecule has 2 unspecified atom stereocenters. The van der Waals surface area contributed by atoms with Gasteiger partial charge in [-0.1, -0.05) is 19.1 Å². The summed E-state index contributed by atoms with van der Waals surface area (Å²) in [4.78, 5) is 0. The SMILES string of the molecule is CC1CC=CCC1COCCNC1CC1. The van der Waals surface area contributed by atoms with Gasteiger partial charge in [0, 0.05) is 12.6 Å². The van der Waals surface area contributed by atoms with Crippen molar-refractivity contribution in [2.24, 2.45) is 11.8 Å². The van der Waals surface area contributed by atoms with Crippen LogP contribution in [0, 0.1) is 11.8 Å². The quantitative estimate of drug-likeness (QED) is 0.535. The standard InChI is InChI=1S/C13H23NO/c1-11-4-2-3-5-12(11)10-15-9-8-14-13-6-7-13/h2-3,11-14H,4-10H2,1H3. The third kappa shape index (κ3) is 3.96. The van der Waals surface area contributed by atoms with Gasteiger partial charge in [-0.05, 0) is 37.5 Å². The molecule has 0 amide bonds. The predicted octanol–water partition coefficient (Wildman–Crippen LogP) is 2.36. The van der Waals surface area contributed by atoms with Gasteiger partial charge >= 0.3 is 0 Å². The van der Waals surface area contributed by atoms with Gasteiger partial charge in [0.2, 0.25) is 0 Å². The minimum atomic E-state index is 0.746. The lowest BCUT2D eigenvalue weighted by molar-refractivity contribution is 0.0807. The zero-order valence-electron chi connectivity index (χ0n) is 9.74. The third-order valence-electron chi connectivity index (χ3n) is 3.51. The van der Waals surface area contributed by atoms with Crippen molar-refractivity contribution in [1.82, 2.24) is 5.32 Å². The summed E-state index contributed by atoms with van der Waals surface area (Å²) in [5.41, 5.74) is 0. The van der Waals surface area contributed by atoms with Gasteiger partial charge in [0.25, 0.3) is 0 Å².